The number of nitrogens with one attached hydrogen (secondary N) is 1. The molecular formula is C13H17NO2S. The zero-order chi connectivity index (χ0) is 12.1. The highest BCUT2D eigenvalue weighted by atomic mass is 32.2. The molecule has 1 saturated carbocycles. The van der Waals surface area contributed by atoms with Gasteiger partial charge >= 0.3 is 0 Å². The molecule has 0 saturated heterocycles. The number of carbonyl (C=O) groups is 1. The van der Waals surface area contributed by atoms with E-state index in [9.17, 15) is 4.79 Å². The van der Waals surface area contributed by atoms with Crippen LogP contribution >= 0.6 is 11.8 Å². The smallest absolute Gasteiger partial charge is 0.221 e. The number of hydrogen-bond acceptors (Lipinski definition) is 3. The largest absolute Gasteiger partial charge is 0.393 e. The van der Waals surface area contributed by atoms with Crippen molar-refractivity contribution in [1.29, 1.82) is 0 Å². The second-order valence-electron chi connectivity index (χ2n) is 4.30. The third-order valence-corrected chi connectivity index (χ3v) is 3.83. The molecule has 2 rings (SSSR count). The van der Waals surface area contributed by atoms with Gasteiger partial charge in [0.05, 0.1) is 6.10 Å². The van der Waals surface area contributed by atoms with E-state index in [0.717, 1.165) is 5.75 Å². The number of carbonyl (C=O) groups excluding carboxylic acids is 1. The summed E-state index contributed by atoms with van der Waals surface area (Å²) in [6.07, 6.45) is 1.74. The van der Waals surface area contributed by atoms with Crippen LogP contribution in [0.25, 0.3) is 0 Å². The first-order valence-electron chi connectivity index (χ1n) is 5.89. The van der Waals surface area contributed by atoms with Gasteiger partial charge in [0.15, 0.2) is 0 Å². The molecule has 0 bridgehead atoms. The van der Waals surface area contributed by atoms with E-state index in [0.29, 0.717) is 19.3 Å². The second-order valence-corrected chi connectivity index (χ2v) is 5.47. The fraction of sp³-hybridized carbons (Fsp3) is 0.462. The minimum Gasteiger partial charge on any atom is -0.393 e. The Hall–Kier alpha value is -1.00. The monoisotopic (exact) mass is 251 g/mol. The minimum atomic E-state index is -0.209. The van der Waals surface area contributed by atoms with Crippen molar-refractivity contribution in [3.05, 3.63) is 30.3 Å². The quantitative estimate of drug-likeness (QED) is 0.785. The Morgan fingerprint density at radius 1 is 1.35 bits per heavy atom. The van der Waals surface area contributed by atoms with E-state index in [1.54, 1.807) is 11.8 Å². The first-order valence-corrected chi connectivity index (χ1v) is 6.88. The molecule has 1 fully saturated rings. The summed E-state index contributed by atoms with van der Waals surface area (Å²) in [5.41, 5.74) is 0. The number of rotatable bonds is 5. The van der Waals surface area contributed by atoms with E-state index < -0.39 is 0 Å². The maximum atomic E-state index is 11.5. The molecule has 4 heteroatoms. The summed E-state index contributed by atoms with van der Waals surface area (Å²) in [7, 11) is 0. The van der Waals surface area contributed by atoms with E-state index in [4.69, 9.17) is 5.11 Å². The highest BCUT2D eigenvalue weighted by Crippen LogP contribution is 2.20. The van der Waals surface area contributed by atoms with Crippen molar-refractivity contribution in [3.8, 4) is 0 Å². The summed E-state index contributed by atoms with van der Waals surface area (Å²) in [5, 5.41) is 12.0. The van der Waals surface area contributed by atoms with E-state index >= 15 is 0 Å². The zero-order valence-corrected chi connectivity index (χ0v) is 10.5. The van der Waals surface area contributed by atoms with Crippen LogP contribution in [-0.4, -0.2) is 28.9 Å². The van der Waals surface area contributed by atoms with Crippen LogP contribution in [0.5, 0.6) is 0 Å². The van der Waals surface area contributed by atoms with Crippen LogP contribution in [0, 0.1) is 0 Å². The van der Waals surface area contributed by atoms with Crippen molar-refractivity contribution >= 4 is 17.7 Å². The molecule has 0 aliphatic heterocycles. The molecule has 0 radical (unpaired) electrons. The van der Waals surface area contributed by atoms with Gasteiger partial charge in [0.2, 0.25) is 5.91 Å². The first kappa shape index (κ1) is 12.5. The Balaban J connectivity index is 1.60. The van der Waals surface area contributed by atoms with Crippen molar-refractivity contribution in [2.24, 2.45) is 0 Å². The lowest BCUT2D eigenvalue weighted by atomic mass is 9.89. The van der Waals surface area contributed by atoms with Crippen molar-refractivity contribution in [2.45, 2.75) is 36.3 Å². The van der Waals surface area contributed by atoms with Gasteiger partial charge in [-0.25, -0.2) is 0 Å². The van der Waals surface area contributed by atoms with Gasteiger partial charge in [0, 0.05) is 23.1 Å². The van der Waals surface area contributed by atoms with E-state index in [2.05, 4.69) is 5.32 Å². The molecule has 1 aliphatic carbocycles. The van der Waals surface area contributed by atoms with Gasteiger partial charge in [-0.2, -0.15) is 0 Å². The topological polar surface area (TPSA) is 49.3 Å². The van der Waals surface area contributed by atoms with Gasteiger partial charge in [0.25, 0.3) is 0 Å². The zero-order valence-electron chi connectivity index (χ0n) is 9.63. The summed E-state index contributed by atoms with van der Waals surface area (Å²) in [6.45, 7) is 0. The second kappa shape index (κ2) is 6.07. The predicted molar refractivity (Wildman–Crippen MR) is 69.0 cm³/mol. The number of thioether (sulfide) groups is 1. The Bertz CT molecular complexity index is 363. The van der Waals surface area contributed by atoms with Crippen LogP contribution in [0.4, 0.5) is 0 Å². The summed E-state index contributed by atoms with van der Waals surface area (Å²) >= 11 is 1.69. The molecule has 0 heterocycles. The SMILES string of the molecule is O=C(CCSc1ccccc1)NC1CC(O)C1. The fourth-order valence-corrected chi connectivity index (χ4v) is 2.66. The number of hydrogen-bond donors (Lipinski definition) is 2. The van der Waals surface area contributed by atoms with Gasteiger partial charge in [-0.1, -0.05) is 18.2 Å². The summed E-state index contributed by atoms with van der Waals surface area (Å²) in [5.74, 6) is 0.885. The highest BCUT2D eigenvalue weighted by Gasteiger charge is 2.27. The molecular weight excluding hydrogens is 234 g/mol. The summed E-state index contributed by atoms with van der Waals surface area (Å²) in [4.78, 5) is 12.7. The molecule has 17 heavy (non-hydrogen) atoms. The van der Waals surface area contributed by atoms with Gasteiger partial charge in [-0.3, -0.25) is 4.79 Å². The predicted octanol–water partition coefficient (Wildman–Crippen LogP) is 1.81. The highest BCUT2D eigenvalue weighted by molar-refractivity contribution is 7.99. The van der Waals surface area contributed by atoms with E-state index in [1.165, 1.54) is 4.90 Å². The third kappa shape index (κ3) is 4.06. The number of aliphatic hydroxyl groups excluding tert-OH is 1. The lowest BCUT2D eigenvalue weighted by molar-refractivity contribution is -0.122. The van der Waals surface area contributed by atoms with E-state index in [1.807, 2.05) is 30.3 Å². The summed E-state index contributed by atoms with van der Waals surface area (Å²) in [6, 6.07) is 10.3. The molecule has 3 nitrogen and oxygen atoms in total. The Labute approximate surface area is 106 Å². The Kier molecular flexibility index (Phi) is 4.45. The summed E-state index contributed by atoms with van der Waals surface area (Å²) < 4.78 is 0. The standard InChI is InChI=1S/C13H17NO2S/c15-11-8-10(9-11)14-13(16)6-7-17-12-4-2-1-3-5-12/h1-5,10-11,15H,6-9H2,(H,14,16). The Morgan fingerprint density at radius 3 is 2.71 bits per heavy atom. The molecule has 1 amide bonds. The molecule has 2 N–H and O–H groups in total. The number of amides is 1. The average Bonchev–Trinajstić information content (AvgIpc) is 2.28. The normalized spacial score (nSPS) is 22.9. The molecule has 92 valence electrons. The molecule has 0 spiro atoms. The fourth-order valence-electron chi connectivity index (χ4n) is 1.78. The molecule has 1 aromatic carbocycles. The van der Waals surface area contributed by atoms with Gasteiger partial charge < -0.3 is 10.4 Å². The lowest BCUT2D eigenvalue weighted by Crippen LogP contribution is -2.46. The van der Waals surface area contributed by atoms with E-state index in [-0.39, 0.29) is 18.1 Å². The van der Waals surface area contributed by atoms with Crippen LogP contribution in [0.15, 0.2) is 35.2 Å². The van der Waals surface area contributed by atoms with Crippen LogP contribution < -0.4 is 5.32 Å². The van der Waals surface area contributed by atoms with Crippen molar-refractivity contribution in [2.75, 3.05) is 5.75 Å². The van der Waals surface area contributed by atoms with Crippen LogP contribution in [0.2, 0.25) is 0 Å². The van der Waals surface area contributed by atoms with Crippen molar-refractivity contribution < 1.29 is 9.90 Å². The van der Waals surface area contributed by atoms with Crippen molar-refractivity contribution in [3.63, 3.8) is 0 Å². The van der Waals surface area contributed by atoms with Crippen LogP contribution in [0.1, 0.15) is 19.3 Å². The number of aliphatic hydroxyl groups is 1. The minimum absolute atomic E-state index is 0.0883. The van der Waals surface area contributed by atoms with Crippen LogP contribution in [0.3, 0.4) is 0 Å². The Morgan fingerprint density at radius 2 is 2.06 bits per heavy atom. The van der Waals surface area contributed by atoms with Gasteiger partial charge in [0.1, 0.15) is 0 Å². The van der Waals surface area contributed by atoms with Gasteiger partial charge in [-0.05, 0) is 25.0 Å². The molecule has 0 unspecified atom stereocenters. The van der Waals surface area contributed by atoms with Crippen LogP contribution in [-0.2, 0) is 4.79 Å². The third-order valence-electron chi connectivity index (χ3n) is 2.82. The first-order chi connectivity index (χ1) is 8.24. The molecule has 1 aromatic rings. The number of benzene rings is 1. The molecule has 0 atom stereocenters. The van der Waals surface area contributed by atoms with Crippen molar-refractivity contribution in [1.82, 2.24) is 5.32 Å². The maximum absolute atomic E-state index is 11.5. The van der Waals surface area contributed by atoms with Gasteiger partial charge in [-0.15, -0.1) is 11.8 Å². The molecule has 0 aromatic heterocycles. The molecule has 1 aliphatic rings. The maximum Gasteiger partial charge on any atom is 0.221 e. The average molecular weight is 251 g/mol. The lowest BCUT2D eigenvalue weighted by Gasteiger charge is -2.31.